The van der Waals surface area contributed by atoms with Crippen LogP contribution in [0, 0.1) is 5.92 Å². The van der Waals surface area contributed by atoms with Crippen molar-refractivity contribution >= 4 is 17.5 Å². The molecule has 1 aromatic rings. The van der Waals surface area contributed by atoms with Gasteiger partial charge < -0.3 is 20.2 Å². The van der Waals surface area contributed by atoms with Crippen LogP contribution in [0.25, 0.3) is 0 Å². The van der Waals surface area contributed by atoms with Crippen molar-refractivity contribution in [3.63, 3.8) is 0 Å². The molecule has 6 nitrogen and oxygen atoms in total. The fraction of sp³-hybridized carbons (Fsp3) is 0.556. The summed E-state index contributed by atoms with van der Waals surface area (Å²) >= 11 is 0. The predicted octanol–water partition coefficient (Wildman–Crippen LogP) is 0.856. The van der Waals surface area contributed by atoms with Crippen LogP contribution in [0.4, 0.5) is 5.69 Å². The van der Waals surface area contributed by atoms with Crippen molar-refractivity contribution in [1.29, 1.82) is 0 Å². The molecule has 0 aromatic heterocycles. The molecule has 1 aliphatic heterocycles. The van der Waals surface area contributed by atoms with E-state index < -0.39 is 0 Å². The number of carbonyl (C=O) groups is 2. The van der Waals surface area contributed by atoms with Gasteiger partial charge in [-0.15, -0.1) is 0 Å². The van der Waals surface area contributed by atoms with E-state index in [0.29, 0.717) is 31.1 Å². The third-order valence-corrected chi connectivity index (χ3v) is 4.78. The maximum absolute atomic E-state index is 12.3. The average molecular weight is 331 g/mol. The van der Waals surface area contributed by atoms with Crippen LogP contribution in [0.1, 0.15) is 29.6 Å². The van der Waals surface area contributed by atoms with Gasteiger partial charge in [0.05, 0.1) is 6.61 Å². The summed E-state index contributed by atoms with van der Waals surface area (Å²) in [4.78, 5) is 28.1. The number of hydrogen-bond donors (Lipinski definition) is 2. The monoisotopic (exact) mass is 331 g/mol. The lowest BCUT2D eigenvalue weighted by molar-refractivity contribution is -0.128. The first-order valence-electron chi connectivity index (χ1n) is 8.58. The number of likely N-dealkylation sites (N-methyl/N-ethyl adjacent to an activating group) is 1. The van der Waals surface area contributed by atoms with Gasteiger partial charge >= 0.3 is 0 Å². The van der Waals surface area contributed by atoms with Gasteiger partial charge in [0.2, 0.25) is 5.91 Å². The first kappa shape index (κ1) is 16.8. The smallest absolute Gasteiger partial charge is 0.251 e. The average Bonchev–Trinajstić information content (AvgIpc) is 3.36. The molecule has 0 unspecified atom stereocenters. The van der Waals surface area contributed by atoms with E-state index in [0.717, 1.165) is 25.1 Å². The molecule has 1 saturated heterocycles. The van der Waals surface area contributed by atoms with Crippen LogP contribution >= 0.6 is 0 Å². The number of nitrogens with one attached hydrogen (secondary N) is 1. The van der Waals surface area contributed by atoms with Crippen molar-refractivity contribution in [1.82, 2.24) is 10.2 Å². The first-order valence-corrected chi connectivity index (χ1v) is 8.58. The van der Waals surface area contributed by atoms with Crippen molar-refractivity contribution in [3.8, 4) is 0 Å². The molecule has 2 aliphatic rings. The fourth-order valence-corrected chi connectivity index (χ4v) is 3.17. The number of anilines is 1. The van der Waals surface area contributed by atoms with E-state index in [2.05, 4.69) is 5.32 Å². The van der Waals surface area contributed by atoms with Crippen molar-refractivity contribution in [2.45, 2.75) is 25.3 Å². The number of carbonyl (C=O) groups excluding carboxylic acids is 2. The molecule has 1 atom stereocenters. The second kappa shape index (κ2) is 7.21. The fourth-order valence-electron chi connectivity index (χ4n) is 3.17. The number of benzene rings is 1. The van der Waals surface area contributed by atoms with Crippen LogP contribution in [0.15, 0.2) is 24.3 Å². The van der Waals surface area contributed by atoms with E-state index in [-0.39, 0.29) is 24.3 Å². The minimum Gasteiger partial charge on any atom is -0.395 e. The number of aliphatic hydroxyl groups is 1. The minimum atomic E-state index is -0.108. The Bertz CT molecular complexity index is 598. The van der Waals surface area contributed by atoms with Crippen LogP contribution < -0.4 is 10.2 Å². The standard InChI is InChI=1S/C18H25N3O3/c1-20(8-9-22)15-4-2-14(3-5-15)18(24)19-11-13-10-17(23)21(12-13)16-6-7-16/h2-5,13,16,22H,6-12H2,1H3,(H,19,24)/t13-/m1/s1. The van der Waals surface area contributed by atoms with Gasteiger partial charge in [-0.25, -0.2) is 0 Å². The van der Waals surface area contributed by atoms with Gasteiger partial charge in [0.25, 0.3) is 5.91 Å². The Morgan fingerprint density at radius 2 is 2.04 bits per heavy atom. The third kappa shape index (κ3) is 3.87. The molecule has 130 valence electrons. The molecular weight excluding hydrogens is 306 g/mol. The zero-order valence-corrected chi connectivity index (χ0v) is 14.1. The van der Waals surface area contributed by atoms with Gasteiger partial charge in [-0.05, 0) is 37.1 Å². The molecule has 1 saturated carbocycles. The maximum Gasteiger partial charge on any atom is 0.251 e. The summed E-state index contributed by atoms with van der Waals surface area (Å²) in [5.41, 5.74) is 1.57. The predicted molar refractivity (Wildman–Crippen MR) is 92.0 cm³/mol. The molecule has 0 radical (unpaired) electrons. The summed E-state index contributed by atoms with van der Waals surface area (Å²) in [5.74, 6) is 0.341. The zero-order chi connectivity index (χ0) is 17.1. The Morgan fingerprint density at radius 3 is 2.67 bits per heavy atom. The van der Waals surface area contributed by atoms with Crippen LogP contribution in [-0.4, -0.2) is 61.2 Å². The molecule has 0 bridgehead atoms. The summed E-state index contributed by atoms with van der Waals surface area (Å²) in [6, 6.07) is 7.78. The third-order valence-electron chi connectivity index (χ3n) is 4.78. The number of nitrogens with zero attached hydrogens (tertiary/aromatic N) is 2. The van der Waals surface area contributed by atoms with Gasteiger partial charge in [0, 0.05) is 56.3 Å². The summed E-state index contributed by atoms with van der Waals surface area (Å²) in [5, 5.41) is 11.9. The van der Waals surface area contributed by atoms with Crippen molar-refractivity contribution in [2.24, 2.45) is 5.92 Å². The van der Waals surface area contributed by atoms with E-state index in [4.69, 9.17) is 5.11 Å². The SMILES string of the molecule is CN(CCO)c1ccc(C(=O)NC[C@H]2CC(=O)N(C3CC3)C2)cc1. The highest BCUT2D eigenvalue weighted by atomic mass is 16.3. The van der Waals surface area contributed by atoms with Crippen molar-refractivity contribution in [2.75, 3.05) is 38.2 Å². The van der Waals surface area contributed by atoms with Crippen molar-refractivity contribution in [3.05, 3.63) is 29.8 Å². The maximum atomic E-state index is 12.3. The van der Waals surface area contributed by atoms with E-state index in [1.807, 2.05) is 29.0 Å². The number of rotatable bonds is 7. The molecule has 3 rings (SSSR count). The normalized spacial score (nSPS) is 20.3. The number of amides is 2. The van der Waals surface area contributed by atoms with Gasteiger partial charge in [-0.1, -0.05) is 0 Å². The van der Waals surface area contributed by atoms with Crippen molar-refractivity contribution < 1.29 is 14.7 Å². The highest BCUT2D eigenvalue weighted by Gasteiger charge is 2.39. The topological polar surface area (TPSA) is 72.9 Å². The Balaban J connectivity index is 1.49. The lowest BCUT2D eigenvalue weighted by Gasteiger charge is -2.18. The number of aliphatic hydroxyl groups excluding tert-OH is 1. The molecule has 24 heavy (non-hydrogen) atoms. The second-order valence-electron chi connectivity index (χ2n) is 6.75. The quantitative estimate of drug-likeness (QED) is 0.777. The van der Waals surface area contributed by atoms with Gasteiger partial charge in [-0.3, -0.25) is 9.59 Å². The molecule has 1 aliphatic carbocycles. The molecule has 6 heteroatoms. The summed E-state index contributed by atoms with van der Waals surface area (Å²) < 4.78 is 0. The Labute approximate surface area is 142 Å². The summed E-state index contributed by atoms with van der Waals surface area (Å²) in [6.07, 6.45) is 2.80. The highest BCUT2D eigenvalue weighted by molar-refractivity contribution is 5.94. The van der Waals surface area contributed by atoms with Gasteiger partial charge in [-0.2, -0.15) is 0 Å². The second-order valence-corrected chi connectivity index (χ2v) is 6.75. The van der Waals surface area contributed by atoms with Gasteiger partial charge in [0.1, 0.15) is 0 Å². The van der Waals surface area contributed by atoms with E-state index in [1.54, 1.807) is 12.1 Å². The largest absolute Gasteiger partial charge is 0.395 e. The lowest BCUT2D eigenvalue weighted by Crippen LogP contribution is -2.32. The first-order chi connectivity index (χ1) is 11.6. The molecule has 2 fully saturated rings. The molecule has 2 N–H and O–H groups in total. The number of hydrogen-bond acceptors (Lipinski definition) is 4. The van der Waals surface area contributed by atoms with E-state index >= 15 is 0 Å². The molecule has 1 aromatic carbocycles. The Kier molecular flexibility index (Phi) is 5.04. The molecular formula is C18H25N3O3. The number of likely N-dealkylation sites (tertiary alicyclic amines) is 1. The van der Waals surface area contributed by atoms with E-state index in [9.17, 15) is 9.59 Å². The molecule has 0 spiro atoms. The minimum absolute atomic E-state index is 0.0940. The van der Waals surface area contributed by atoms with Crippen LogP contribution in [0.3, 0.4) is 0 Å². The Morgan fingerprint density at radius 1 is 1.33 bits per heavy atom. The van der Waals surface area contributed by atoms with Crippen LogP contribution in [0.5, 0.6) is 0 Å². The molecule has 1 heterocycles. The zero-order valence-electron chi connectivity index (χ0n) is 14.1. The molecule has 2 amide bonds. The Hall–Kier alpha value is -2.08. The summed E-state index contributed by atoms with van der Waals surface area (Å²) in [7, 11) is 1.90. The van der Waals surface area contributed by atoms with E-state index in [1.165, 1.54) is 0 Å². The summed E-state index contributed by atoms with van der Waals surface area (Å²) in [6.45, 7) is 1.96. The van der Waals surface area contributed by atoms with Gasteiger partial charge in [0.15, 0.2) is 0 Å². The lowest BCUT2D eigenvalue weighted by atomic mass is 10.1. The van der Waals surface area contributed by atoms with Crippen LogP contribution in [-0.2, 0) is 4.79 Å². The van der Waals surface area contributed by atoms with Crippen LogP contribution in [0.2, 0.25) is 0 Å². The highest BCUT2D eigenvalue weighted by Crippen LogP contribution is 2.32.